The number of ether oxygens (including phenoxy) is 1. The number of amides is 1. The molecule has 2 aromatic heterocycles. The first-order chi connectivity index (χ1) is 20.2. The number of benzene rings is 2. The lowest BCUT2D eigenvalue weighted by atomic mass is 10.2. The molecule has 0 aliphatic rings. The van der Waals surface area contributed by atoms with Crippen LogP contribution in [0.15, 0.2) is 66.6 Å². The lowest BCUT2D eigenvalue weighted by Crippen LogP contribution is -2.30. The molecule has 0 spiro atoms. The first-order valence-corrected chi connectivity index (χ1v) is 12.9. The van der Waals surface area contributed by atoms with Gasteiger partial charge in [0.25, 0.3) is 0 Å². The third kappa shape index (κ3) is 8.00. The number of nitrogens with one attached hydrogen (secondary N) is 3. The van der Waals surface area contributed by atoms with Crippen LogP contribution >= 0.6 is 0 Å². The number of aliphatic carboxylic acids is 2. The Bertz CT molecular complexity index is 1620. The Morgan fingerprint density at radius 1 is 1.12 bits per heavy atom. The van der Waals surface area contributed by atoms with E-state index < -0.39 is 17.8 Å². The summed E-state index contributed by atoms with van der Waals surface area (Å²) in [6.07, 6.45) is 2.52. The second-order valence-corrected chi connectivity index (χ2v) is 8.99. The van der Waals surface area contributed by atoms with Gasteiger partial charge in [-0.25, -0.2) is 23.9 Å². The number of carbonyl (C=O) groups excluding carboxylic acids is 1. The zero-order valence-electron chi connectivity index (χ0n) is 22.5. The van der Waals surface area contributed by atoms with Gasteiger partial charge in [0.15, 0.2) is 5.82 Å². The summed E-state index contributed by atoms with van der Waals surface area (Å²) in [5.41, 5.74) is 1.21. The number of carboxylic acids is 2. The van der Waals surface area contributed by atoms with Crippen molar-refractivity contribution in [3.63, 3.8) is 0 Å². The molecular formula is C28H28FN7O6. The van der Waals surface area contributed by atoms with E-state index in [-0.39, 0.29) is 24.6 Å². The Morgan fingerprint density at radius 2 is 1.95 bits per heavy atom. The van der Waals surface area contributed by atoms with Gasteiger partial charge in [0.05, 0.1) is 24.6 Å². The molecule has 2 aromatic carbocycles. The number of hydrogen-bond acceptors (Lipinski definition) is 9. The summed E-state index contributed by atoms with van der Waals surface area (Å²) < 4.78 is 19.2. The molecule has 0 aliphatic heterocycles. The smallest absolute Gasteiger partial charge is 0.352 e. The standard InChI is InChI=1S/C28H28FN7O6/c1-2-36(23(28(40)41)15-26(38)39)9-4-10-42-20-7-8-21-22(14-20)30-16-31-27(21)33-24-12-19(34-35-24)13-25(37)32-18-6-3-5-17(29)11-18/h3,5-8,11-12,14-16H,2,4,9-10,13H2,1H3,(H,32,37)(H,38,39)(H,40,41)(H2,30,31,33,34,35)/b23-15+. The average Bonchev–Trinajstić information content (AvgIpc) is 3.38. The number of anilines is 3. The first kappa shape index (κ1) is 29.5. The zero-order chi connectivity index (χ0) is 30.1. The number of halogens is 1. The van der Waals surface area contributed by atoms with Crippen LogP contribution in [-0.2, 0) is 20.8 Å². The van der Waals surface area contributed by atoms with Crippen molar-refractivity contribution < 1.29 is 33.7 Å². The van der Waals surface area contributed by atoms with E-state index in [0.717, 1.165) is 0 Å². The van der Waals surface area contributed by atoms with Crippen molar-refractivity contribution in [1.82, 2.24) is 25.1 Å². The summed E-state index contributed by atoms with van der Waals surface area (Å²) in [6.45, 7) is 2.63. The molecule has 0 aliphatic carbocycles. The topological polar surface area (TPSA) is 183 Å². The zero-order valence-corrected chi connectivity index (χ0v) is 22.5. The summed E-state index contributed by atoms with van der Waals surface area (Å²) in [5, 5.41) is 31.7. The molecule has 0 saturated heterocycles. The molecule has 2 heterocycles. The normalized spacial score (nSPS) is 11.2. The van der Waals surface area contributed by atoms with Crippen molar-refractivity contribution >= 4 is 46.1 Å². The lowest BCUT2D eigenvalue weighted by molar-refractivity contribution is -0.136. The Kier molecular flexibility index (Phi) is 9.61. The minimum absolute atomic E-state index is 0.000103. The van der Waals surface area contributed by atoms with Gasteiger partial charge in [0.1, 0.15) is 29.4 Å². The number of H-pyrrole nitrogens is 1. The fourth-order valence-corrected chi connectivity index (χ4v) is 4.11. The van der Waals surface area contributed by atoms with Gasteiger partial charge in [0, 0.05) is 42.0 Å². The van der Waals surface area contributed by atoms with E-state index in [1.165, 1.54) is 29.4 Å². The van der Waals surface area contributed by atoms with Gasteiger partial charge in [-0.2, -0.15) is 5.10 Å². The molecule has 0 unspecified atom stereocenters. The maximum Gasteiger partial charge on any atom is 0.352 e. The predicted octanol–water partition coefficient (Wildman–Crippen LogP) is 3.56. The quantitative estimate of drug-likeness (QED) is 0.109. The van der Waals surface area contributed by atoms with Crippen molar-refractivity contribution in [2.45, 2.75) is 19.8 Å². The highest BCUT2D eigenvalue weighted by molar-refractivity contribution is 5.94. The number of aromatic amines is 1. The fraction of sp³-hybridized carbons (Fsp3) is 0.214. The third-order valence-corrected chi connectivity index (χ3v) is 5.99. The first-order valence-electron chi connectivity index (χ1n) is 12.9. The molecule has 14 heteroatoms. The predicted molar refractivity (Wildman–Crippen MR) is 151 cm³/mol. The molecule has 218 valence electrons. The minimum Gasteiger partial charge on any atom is -0.493 e. The van der Waals surface area contributed by atoms with Crippen molar-refractivity contribution in [3.8, 4) is 5.75 Å². The molecule has 42 heavy (non-hydrogen) atoms. The Balaban J connectivity index is 1.34. The number of carboxylic acid groups (broad SMARTS) is 2. The molecule has 0 saturated carbocycles. The molecule has 4 aromatic rings. The highest BCUT2D eigenvalue weighted by atomic mass is 19.1. The number of aromatic nitrogens is 4. The van der Waals surface area contributed by atoms with E-state index in [4.69, 9.17) is 9.84 Å². The minimum atomic E-state index is -1.33. The summed E-state index contributed by atoms with van der Waals surface area (Å²) in [5.74, 6) is -1.96. The fourth-order valence-electron chi connectivity index (χ4n) is 4.11. The number of carbonyl (C=O) groups is 3. The van der Waals surface area contributed by atoms with Gasteiger partial charge >= 0.3 is 11.9 Å². The number of rotatable bonds is 14. The van der Waals surface area contributed by atoms with Gasteiger partial charge in [-0.3, -0.25) is 9.89 Å². The van der Waals surface area contributed by atoms with Crippen LogP contribution in [0.5, 0.6) is 5.75 Å². The summed E-state index contributed by atoms with van der Waals surface area (Å²) in [6, 6.07) is 12.5. The average molecular weight is 578 g/mol. The monoisotopic (exact) mass is 577 g/mol. The number of likely N-dealkylation sites (N-methyl/N-ethyl adjacent to an activating group) is 1. The molecule has 0 radical (unpaired) electrons. The maximum absolute atomic E-state index is 13.3. The van der Waals surface area contributed by atoms with Crippen LogP contribution in [0.25, 0.3) is 10.9 Å². The van der Waals surface area contributed by atoms with E-state index >= 15 is 0 Å². The highest BCUT2D eigenvalue weighted by Crippen LogP contribution is 2.26. The van der Waals surface area contributed by atoms with Gasteiger partial charge in [-0.1, -0.05) is 6.07 Å². The van der Waals surface area contributed by atoms with E-state index in [1.807, 2.05) is 0 Å². The van der Waals surface area contributed by atoms with E-state index in [9.17, 15) is 23.9 Å². The van der Waals surface area contributed by atoms with Crippen molar-refractivity contribution in [3.05, 3.63) is 78.1 Å². The van der Waals surface area contributed by atoms with E-state index in [1.54, 1.807) is 37.3 Å². The van der Waals surface area contributed by atoms with Gasteiger partial charge < -0.3 is 30.5 Å². The molecule has 0 bridgehead atoms. The summed E-state index contributed by atoms with van der Waals surface area (Å²) in [7, 11) is 0. The SMILES string of the molecule is CCN(CCCOc1ccc2c(Nc3cc(CC(=O)Nc4cccc(F)c4)[nH]n3)ncnc2c1)/C(=C/C(=O)O)C(=O)O. The van der Waals surface area contributed by atoms with Crippen LogP contribution in [0.3, 0.4) is 0 Å². The van der Waals surface area contributed by atoms with Crippen LogP contribution in [0.4, 0.5) is 21.7 Å². The maximum atomic E-state index is 13.3. The molecule has 13 nitrogen and oxygen atoms in total. The molecule has 1 amide bonds. The Morgan fingerprint density at radius 3 is 2.69 bits per heavy atom. The Hall–Kier alpha value is -5.53. The van der Waals surface area contributed by atoms with Gasteiger partial charge in [-0.15, -0.1) is 0 Å². The molecule has 0 atom stereocenters. The molecular weight excluding hydrogens is 549 g/mol. The van der Waals surface area contributed by atoms with Crippen molar-refractivity contribution in [2.24, 2.45) is 0 Å². The number of fused-ring (bicyclic) bond motifs is 1. The van der Waals surface area contributed by atoms with Crippen molar-refractivity contribution in [2.75, 3.05) is 30.3 Å². The molecule has 0 fully saturated rings. The summed E-state index contributed by atoms with van der Waals surface area (Å²) in [4.78, 5) is 44.7. The number of nitrogens with zero attached hydrogens (tertiary/aromatic N) is 4. The van der Waals surface area contributed by atoms with Crippen LogP contribution < -0.4 is 15.4 Å². The van der Waals surface area contributed by atoms with E-state index in [0.29, 0.717) is 65.3 Å². The van der Waals surface area contributed by atoms with E-state index in [2.05, 4.69) is 30.8 Å². The Labute approximate surface area is 239 Å². The van der Waals surface area contributed by atoms with Crippen LogP contribution in [0.1, 0.15) is 19.0 Å². The highest BCUT2D eigenvalue weighted by Gasteiger charge is 2.17. The van der Waals surface area contributed by atoms with Crippen LogP contribution in [0.2, 0.25) is 0 Å². The van der Waals surface area contributed by atoms with Crippen molar-refractivity contribution in [1.29, 1.82) is 0 Å². The lowest BCUT2D eigenvalue weighted by Gasteiger charge is -2.23. The second-order valence-electron chi connectivity index (χ2n) is 8.99. The summed E-state index contributed by atoms with van der Waals surface area (Å²) >= 11 is 0. The van der Waals surface area contributed by atoms with Gasteiger partial charge in [-0.05, 0) is 43.7 Å². The molecule has 4 rings (SSSR count). The van der Waals surface area contributed by atoms with Gasteiger partial charge in [0.2, 0.25) is 5.91 Å². The van der Waals surface area contributed by atoms with Crippen LogP contribution in [0, 0.1) is 5.82 Å². The largest absolute Gasteiger partial charge is 0.493 e. The third-order valence-electron chi connectivity index (χ3n) is 5.99. The number of hydrogen-bond donors (Lipinski definition) is 5. The second kappa shape index (κ2) is 13.7. The molecule has 5 N–H and O–H groups in total. The van der Waals surface area contributed by atoms with Crippen LogP contribution in [-0.4, -0.2) is 72.8 Å².